The van der Waals surface area contributed by atoms with Crippen molar-refractivity contribution in [2.45, 2.75) is 28.5 Å². The van der Waals surface area contributed by atoms with E-state index in [4.69, 9.17) is 39.5 Å². The van der Waals surface area contributed by atoms with Crippen LogP contribution in [0.25, 0.3) is 0 Å². The van der Waals surface area contributed by atoms with Gasteiger partial charge < -0.3 is 9.84 Å². The van der Waals surface area contributed by atoms with Gasteiger partial charge in [-0.05, 0) is 55.2 Å². The van der Waals surface area contributed by atoms with Gasteiger partial charge in [0, 0.05) is 21.0 Å². The van der Waals surface area contributed by atoms with Crippen LogP contribution in [0.5, 0.6) is 11.5 Å². The maximum atomic E-state index is 14.0. The quantitative estimate of drug-likeness (QED) is 0.186. The third-order valence-corrected chi connectivity index (χ3v) is 11.3. The summed E-state index contributed by atoms with van der Waals surface area (Å²) in [6.07, 6.45) is 1.84. The normalized spacial score (nSPS) is 32.6. The fourth-order valence-corrected chi connectivity index (χ4v) is 8.91. The summed E-state index contributed by atoms with van der Waals surface area (Å²) in [4.78, 5) is 53.4. The van der Waals surface area contributed by atoms with E-state index in [-0.39, 0.29) is 41.3 Å². The first kappa shape index (κ1) is 29.0. The highest BCUT2D eigenvalue weighted by molar-refractivity contribution is 9.10. The van der Waals surface area contributed by atoms with E-state index in [1.54, 1.807) is 42.5 Å². The van der Waals surface area contributed by atoms with Crippen molar-refractivity contribution in [3.05, 3.63) is 63.1 Å². The molecule has 214 valence electrons. The van der Waals surface area contributed by atoms with E-state index in [0.717, 1.165) is 9.80 Å². The van der Waals surface area contributed by atoms with Gasteiger partial charge in [0.2, 0.25) is 11.8 Å². The molecule has 1 saturated carbocycles. The average molecular weight is 748 g/mol. The number of aromatic hydroxyl groups is 1. The van der Waals surface area contributed by atoms with Crippen LogP contribution in [-0.2, 0) is 19.2 Å². The molecule has 2 aromatic carbocycles. The van der Waals surface area contributed by atoms with Crippen molar-refractivity contribution in [3.63, 3.8) is 0 Å². The molecule has 0 bridgehead atoms. The zero-order chi connectivity index (χ0) is 29.6. The molecule has 8 nitrogen and oxygen atoms in total. The highest BCUT2D eigenvalue weighted by Crippen LogP contribution is 2.66. The number of alkyl halides is 3. The number of methoxy groups -OCH3 is 1. The highest BCUT2D eigenvalue weighted by Gasteiger charge is 2.76. The van der Waals surface area contributed by atoms with Crippen LogP contribution in [0.4, 0.5) is 5.69 Å². The van der Waals surface area contributed by atoms with E-state index in [1.165, 1.54) is 7.11 Å². The molecule has 2 aliphatic heterocycles. The molecule has 0 unspecified atom stereocenters. The Morgan fingerprint density at radius 3 is 2.37 bits per heavy atom. The summed E-state index contributed by atoms with van der Waals surface area (Å²) in [6.45, 7) is 0. The van der Waals surface area contributed by atoms with Gasteiger partial charge in [-0.25, -0.2) is 0 Å². The summed E-state index contributed by atoms with van der Waals surface area (Å²) in [5.41, 5.74) is 0.997. The number of hydrogen-bond acceptors (Lipinski definition) is 6. The molecule has 4 amide bonds. The summed E-state index contributed by atoms with van der Waals surface area (Å²) < 4.78 is 5.89. The number of carbonyl (C=O) groups excluding carboxylic acids is 4. The molecule has 0 aromatic heterocycles. The number of rotatable bonds is 4. The molecule has 3 fully saturated rings. The molecule has 2 aliphatic carbocycles. The van der Waals surface area contributed by atoms with Crippen LogP contribution in [0.15, 0.2) is 52.5 Å². The Balaban J connectivity index is 1.55. The van der Waals surface area contributed by atoms with Crippen molar-refractivity contribution in [1.29, 1.82) is 0 Å². The van der Waals surface area contributed by atoms with E-state index < -0.39 is 51.1 Å². The fraction of sp³-hybridized carbons (Fsp3) is 0.357. The van der Waals surface area contributed by atoms with Gasteiger partial charge in [0.05, 0.1) is 30.1 Å². The minimum atomic E-state index is -2.04. The number of phenols is 1. The van der Waals surface area contributed by atoms with Crippen molar-refractivity contribution < 1.29 is 29.0 Å². The molecule has 6 rings (SSSR count). The van der Waals surface area contributed by atoms with Crippen LogP contribution in [0, 0.1) is 17.8 Å². The van der Waals surface area contributed by atoms with Crippen molar-refractivity contribution in [1.82, 2.24) is 4.90 Å². The molecule has 2 heterocycles. The number of hydrogen-bond donors (Lipinski definition) is 1. The maximum Gasteiger partial charge on any atom is 0.254 e. The molecule has 2 aromatic rings. The third kappa shape index (κ3) is 3.83. The number of nitrogens with zero attached hydrogens (tertiary/aromatic N) is 2. The Hall–Kier alpha value is -2.11. The van der Waals surface area contributed by atoms with E-state index in [2.05, 4.69) is 31.9 Å². The Labute approximate surface area is 266 Å². The standard InChI is InChI=1S/C28H21Br2Cl3N2O6/c1-41-19-9-12(30)8-17(22(19)36)21-15-6-7-16-20(24(38)35(23(16)37)14-4-2-13(31)3-5-14)18(15)10-27(32)25(39)34(11-29)26(40)28(21,27)33/h2-6,8-9,16,18,20-21,36H,7,10-11H2,1H3/t16-,18+,20-,21+,27+,28-/m0/s1. The van der Waals surface area contributed by atoms with Gasteiger partial charge in [-0.3, -0.25) is 29.0 Å². The van der Waals surface area contributed by atoms with E-state index in [9.17, 15) is 24.3 Å². The van der Waals surface area contributed by atoms with E-state index in [1.807, 2.05) is 0 Å². The first-order chi connectivity index (χ1) is 19.4. The van der Waals surface area contributed by atoms with Crippen LogP contribution in [0.2, 0.25) is 5.02 Å². The molecule has 6 atom stereocenters. The summed E-state index contributed by atoms with van der Waals surface area (Å²) in [6, 6.07) is 9.52. The largest absolute Gasteiger partial charge is 0.504 e. The lowest BCUT2D eigenvalue weighted by Gasteiger charge is -2.50. The second-order valence-electron chi connectivity index (χ2n) is 10.5. The Morgan fingerprint density at radius 2 is 1.73 bits per heavy atom. The second-order valence-corrected chi connectivity index (χ2v) is 13.6. The SMILES string of the molecule is COc1cc(Br)cc([C@H]2C3=CC[C@@H]4C(=O)N(c5ccc(Cl)cc5)C(=O)[C@@H]4[C@@H]3C[C@@]3(Cl)C(=O)N(CBr)C(=O)[C@@]23Cl)c1O. The number of imide groups is 2. The highest BCUT2D eigenvalue weighted by atomic mass is 79.9. The Morgan fingerprint density at radius 1 is 1.05 bits per heavy atom. The number of carbonyl (C=O) groups is 4. The lowest BCUT2D eigenvalue weighted by atomic mass is 9.56. The van der Waals surface area contributed by atoms with Crippen LogP contribution in [0.3, 0.4) is 0 Å². The maximum absolute atomic E-state index is 14.0. The molecule has 41 heavy (non-hydrogen) atoms. The summed E-state index contributed by atoms with van der Waals surface area (Å²) >= 11 is 27.1. The lowest BCUT2D eigenvalue weighted by molar-refractivity contribution is -0.138. The van der Waals surface area contributed by atoms with Crippen LogP contribution in [0.1, 0.15) is 24.3 Å². The van der Waals surface area contributed by atoms with Crippen LogP contribution < -0.4 is 9.64 Å². The molecule has 0 radical (unpaired) electrons. The molecule has 1 N–H and O–H groups in total. The first-order valence-electron chi connectivity index (χ1n) is 12.6. The van der Waals surface area contributed by atoms with Gasteiger partial charge >= 0.3 is 0 Å². The summed E-state index contributed by atoms with van der Waals surface area (Å²) in [5, 5.41) is 11.8. The number of fused-ring (bicyclic) bond motifs is 4. The van der Waals surface area contributed by atoms with Crippen molar-refractivity contribution >= 4 is 96.0 Å². The summed E-state index contributed by atoms with van der Waals surface area (Å²) in [7, 11) is 1.38. The molecule has 4 aliphatic rings. The lowest BCUT2D eigenvalue weighted by Crippen LogP contribution is -2.60. The van der Waals surface area contributed by atoms with Crippen molar-refractivity contribution in [2.24, 2.45) is 17.8 Å². The van der Waals surface area contributed by atoms with Crippen molar-refractivity contribution in [3.8, 4) is 11.5 Å². The molecular formula is C28H21Br2Cl3N2O6. The van der Waals surface area contributed by atoms with E-state index >= 15 is 0 Å². The minimum Gasteiger partial charge on any atom is -0.504 e. The van der Waals surface area contributed by atoms with Gasteiger partial charge in [0.15, 0.2) is 21.2 Å². The van der Waals surface area contributed by atoms with Crippen LogP contribution in [-0.4, -0.2) is 55.9 Å². The zero-order valence-corrected chi connectivity index (χ0v) is 26.7. The number of anilines is 1. The second kappa shape index (κ2) is 9.98. The fourth-order valence-electron chi connectivity index (χ4n) is 6.91. The number of allylic oxidation sites excluding steroid dienone is 2. The number of phenolic OH excluding ortho intramolecular Hbond substituents is 1. The predicted octanol–water partition coefficient (Wildman–Crippen LogP) is 5.73. The monoisotopic (exact) mass is 744 g/mol. The topological polar surface area (TPSA) is 104 Å². The number of likely N-dealkylation sites (tertiary alicyclic amines) is 1. The zero-order valence-electron chi connectivity index (χ0n) is 21.2. The number of amides is 4. The molecule has 2 saturated heterocycles. The molecular weight excluding hydrogens is 726 g/mol. The van der Waals surface area contributed by atoms with Crippen molar-refractivity contribution in [2.75, 3.05) is 17.5 Å². The Kier molecular flexibility index (Phi) is 7.05. The van der Waals surface area contributed by atoms with Gasteiger partial charge in [0.25, 0.3) is 11.8 Å². The van der Waals surface area contributed by atoms with Crippen LogP contribution >= 0.6 is 66.7 Å². The first-order valence-corrected chi connectivity index (χ1v) is 15.7. The van der Waals surface area contributed by atoms with Gasteiger partial charge in [-0.15, -0.1) is 23.2 Å². The number of benzene rings is 2. The third-order valence-electron chi connectivity index (χ3n) is 8.70. The summed E-state index contributed by atoms with van der Waals surface area (Å²) in [5.74, 6) is -5.84. The van der Waals surface area contributed by atoms with Gasteiger partial charge in [-0.1, -0.05) is 55.1 Å². The molecule has 0 spiro atoms. The number of halogens is 5. The minimum absolute atomic E-state index is 0.112. The predicted molar refractivity (Wildman–Crippen MR) is 160 cm³/mol. The van der Waals surface area contributed by atoms with E-state index in [0.29, 0.717) is 20.8 Å². The Bertz CT molecular complexity index is 1570. The molecule has 13 heteroatoms. The number of ether oxygens (including phenoxy) is 1. The van der Waals surface area contributed by atoms with Gasteiger partial charge in [0.1, 0.15) is 0 Å². The smallest absolute Gasteiger partial charge is 0.254 e. The van der Waals surface area contributed by atoms with Gasteiger partial charge in [-0.2, -0.15) is 0 Å². The average Bonchev–Trinajstić information content (AvgIpc) is 3.28.